The molecule has 1 aliphatic carbocycles. The molecule has 1 heteroatoms. The molecule has 1 aromatic carbocycles. The van der Waals surface area contributed by atoms with E-state index in [1.165, 1.54) is 34.2 Å². The molecule has 1 unspecified atom stereocenters. The van der Waals surface area contributed by atoms with Crippen LogP contribution in [0.1, 0.15) is 35.1 Å². The largest absolute Gasteiger partial charge is 0.118 e. The van der Waals surface area contributed by atoms with Crippen molar-refractivity contribution >= 4 is 11.6 Å². The summed E-state index contributed by atoms with van der Waals surface area (Å²) in [7, 11) is 0. The predicted molar refractivity (Wildman–Crippen MR) is 71.3 cm³/mol. The van der Waals surface area contributed by atoms with Gasteiger partial charge in [-0.2, -0.15) is 0 Å². The highest BCUT2D eigenvalue weighted by atomic mass is 35.5. The van der Waals surface area contributed by atoms with Gasteiger partial charge < -0.3 is 0 Å². The van der Waals surface area contributed by atoms with E-state index < -0.39 is 0 Å². The molecule has 0 fully saturated rings. The monoisotopic (exact) mass is 234 g/mol. The van der Waals surface area contributed by atoms with Gasteiger partial charge in [0.25, 0.3) is 0 Å². The van der Waals surface area contributed by atoms with Gasteiger partial charge in [0.1, 0.15) is 0 Å². The Kier molecular flexibility index (Phi) is 3.39. The SMILES string of the molecule is Cc1cc(C)c(CC2=CC(Cl)CC2)c(C)c1. The molecule has 0 aromatic heterocycles. The molecule has 0 amide bonds. The molecule has 0 bridgehead atoms. The van der Waals surface area contributed by atoms with E-state index in [0.29, 0.717) is 0 Å². The van der Waals surface area contributed by atoms with Crippen molar-refractivity contribution in [1.29, 1.82) is 0 Å². The first-order valence-corrected chi connectivity index (χ1v) is 6.40. The second-order valence-corrected chi connectivity index (χ2v) is 5.49. The van der Waals surface area contributed by atoms with Crippen molar-refractivity contribution in [3.63, 3.8) is 0 Å². The summed E-state index contributed by atoms with van der Waals surface area (Å²) >= 11 is 6.10. The molecule has 2 rings (SSSR count). The highest BCUT2D eigenvalue weighted by Gasteiger charge is 2.15. The van der Waals surface area contributed by atoms with Crippen molar-refractivity contribution in [2.24, 2.45) is 0 Å². The second-order valence-electron chi connectivity index (χ2n) is 4.93. The van der Waals surface area contributed by atoms with Gasteiger partial charge in [-0.15, -0.1) is 11.6 Å². The fourth-order valence-corrected chi connectivity index (χ4v) is 2.90. The number of benzene rings is 1. The molecule has 86 valence electrons. The lowest BCUT2D eigenvalue weighted by Crippen LogP contribution is -1.96. The van der Waals surface area contributed by atoms with Gasteiger partial charge in [0.15, 0.2) is 0 Å². The number of allylic oxidation sites excluding steroid dienone is 2. The van der Waals surface area contributed by atoms with E-state index in [9.17, 15) is 0 Å². The van der Waals surface area contributed by atoms with Crippen LogP contribution in [0.3, 0.4) is 0 Å². The molecular weight excluding hydrogens is 216 g/mol. The Morgan fingerprint density at radius 1 is 1.19 bits per heavy atom. The van der Waals surface area contributed by atoms with Crippen LogP contribution < -0.4 is 0 Å². The van der Waals surface area contributed by atoms with Crippen molar-refractivity contribution in [1.82, 2.24) is 0 Å². The second kappa shape index (κ2) is 4.63. The van der Waals surface area contributed by atoms with Gasteiger partial charge in [0.2, 0.25) is 0 Å². The lowest BCUT2D eigenvalue weighted by atomic mass is 9.94. The summed E-state index contributed by atoms with van der Waals surface area (Å²) in [6, 6.07) is 4.55. The first-order chi connectivity index (χ1) is 7.56. The van der Waals surface area contributed by atoms with E-state index in [-0.39, 0.29) is 5.38 Å². The summed E-state index contributed by atoms with van der Waals surface area (Å²) in [4.78, 5) is 0. The Bertz CT molecular complexity index is 406. The van der Waals surface area contributed by atoms with Crippen LogP contribution in [0.25, 0.3) is 0 Å². The van der Waals surface area contributed by atoms with Crippen LogP contribution in [-0.2, 0) is 6.42 Å². The molecule has 1 atom stereocenters. The van der Waals surface area contributed by atoms with Gasteiger partial charge in [-0.25, -0.2) is 0 Å². The zero-order chi connectivity index (χ0) is 11.7. The van der Waals surface area contributed by atoms with E-state index in [1.54, 1.807) is 0 Å². The smallest absolute Gasteiger partial charge is 0.0521 e. The highest BCUT2D eigenvalue weighted by molar-refractivity contribution is 6.22. The fraction of sp³-hybridized carbons (Fsp3) is 0.467. The molecule has 1 aromatic rings. The van der Waals surface area contributed by atoms with E-state index in [4.69, 9.17) is 11.6 Å². The van der Waals surface area contributed by atoms with Gasteiger partial charge in [-0.3, -0.25) is 0 Å². The quantitative estimate of drug-likeness (QED) is 0.523. The van der Waals surface area contributed by atoms with Crippen LogP contribution in [0.15, 0.2) is 23.8 Å². The minimum atomic E-state index is 0.265. The summed E-state index contributed by atoms with van der Waals surface area (Å²) in [5.41, 5.74) is 7.18. The number of rotatable bonds is 2. The Morgan fingerprint density at radius 3 is 2.31 bits per heavy atom. The summed E-state index contributed by atoms with van der Waals surface area (Å²) in [5, 5.41) is 0.265. The van der Waals surface area contributed by atoms with Gasteiger partial charge in [0.05, 0.1) is 5.38 Å². The average molecular weight is 235 g/mol. The third kappa shape index (κ3) is 2.49. The summed E-state index contributed by atoms with van der Waals surface area (Å²) in [5.74, 6) is 0. The van der Waals surface area contributed by atoms with E-state index in [1.807, 2.05) is 0 Å². The van der Waals surface area contributed by atoms with Crippen LogP contribution in [0.4, 0.5) is 0 Å². The number of halogens is 1. The normalized spacial score (nSPS) is 20.0. The summed E-state index contributed by atoms with van der Waals surface area (Å²) in [6.45, 7) is 6.58. The topological polar surface area (TPSA) is 0 Å². The Balaban J connectivity index is 2.25. The third-order valence-electron chi connectivity index (χ3n) is 3.40. The van der Waals surface area contributed by atoms with Gasteiger partial charge in [0, 0.05) is 0 Å². The maximum atomic E-state index is 6.10. The van der Waals surface area contributed by atoms with Crippen molar-refractivity contribution in [2.75, 3.05) is 0 Å². The first kappa shape index (κ1) is 11.7. The van der Waals surface area contributed by atoms with Crippen LogP contribution in [0, 0.1) is 20.8 Å². The van der Waals surface area contributed by atoms with Crippen LogP contribution in [0.2, 0.25) is 0 Å². The van der Waals surface area contributed by atoms with Crippen LogP contribution in [0.5, 0.6) is 0 Å². The lowest BCUT2D eigenvalue weighted by Gasteiger charge is -2.11. The van der Waals surface area contributed by atoms with Crippen molar-refractivity contribution < 1.29 is 0 Å². The molecule has 16 heavy (non-hydrogen) atoms. The van der Waals surface area contributed by atoms with Crippen LogP contribution in [-0.4, -0.2) is 5.38 Å². The lowest BCUT2D eigenvalue weighted by molar-refractivity contribution is 0.888. The molecule has 0 aliphatic heterocycles. The Labute approximate surface area is 103 Å². The molecule has 1 aliphatic rings. The predicted octanol–water partition coefficient (Wildman–Crippen LogP) is 4.48. The summed E-state index contributed by atoms with van der Waals surface area (Å²) < 4.78 is 0. The van der Waals surface area contributed by atoms with Crippen molar-refractivity contribution in [3.8, 4) is 0 Å². The molecule has 0 saturated heterocycles. The Morgan fingerprint density at radius 2 is 1.81 bits per heavy atom. The van der Waals surface area contributed by atoms with Gasteiger partial charge in [-0.1, -0.05) is 29.3 Å². The van der Waals surface area contributed by atoms with E-state index in [0.717, 1.165) is 12.8 Å². The number of hydrogen-bond donors (Lipinski definition) is 0. The minimum Gasteiger partial charge on any atom is -0.118 e. The van der Waals surface area contributed by atoms with Gasteiger partial charge in [-0.05, 0) is 56.7 Å². The van der Waals surface area contributed by atoms with Crippen LogP contribution >= 0.6 is 11.6 Å². The Hall–Kier alpha value is -0.750. The van der Waals surface area contributed by atoms with Gasteiger partial charge >= 0.3 is 0 Å². The maximum absolute atomic E-state index is 6.10. The molecule has 0 heterocycles. The third-order valence-corrected chi connectivity index (χ3v) is 3.75. The zero-order valence-corrected chi connectivity index (χ0v) is 11.1. The average Bonchev–Trinajstić information content (AvgIpc) is 2.58. The molecular formula is C15H19Cl. The zero-order valence-electron chi connectivity index (χ0n) is 10.3. The fourth-order valence-electron chi connectivity index (χ4n) is 2.61. The van der Waals surface area contributed by atoms with E-state index >= 15 is 0 Å². The molecule has 0 saturated carbocycles. The number of aryl methyl sites for hydroxylation is 3. The molecule has 0 radical (unpaired) electrons. The van der Waals surface area contributed by atoms with E-state index in [2.05, 4.69) is 39.0 Å². The molecule has 0 N–H and O–H groups in total. The first-order valence-electron chi connectivity index (χ1n) is 5.96. The summed E-state index contributed by atoms with van der Waals surface area (Å²) in [6.07, 6.45) is 5.60. The minimum absolute atomic E-state index is 0.265. The molecule has 0 nitrogen and oxygen atoms in total. The standard InChI is InChI=1S/C15H19Cl/c1-10-6-11(2)15(12(3)7-10)9-13-4-5-14(16)8-13/h6-8,14H,4-5,9H2,1-3H3. The maximum Gasteiger partial charge on any atom is 0.0521 e. The highest BCUT2D eigenvalue weighted by Crippen LogP contribution is 2.28. The number of alkyl halides is 1. The van der Waals surface area contributed by atoms with Crippen molar-refractivity contribution in [3.05, 3.63) is 46.0 Å². The molecule has 0 spiro atoms. The van der Waals surface area contributed by atoms with Crippen molar-refractivity contribution in [2.45, 2.75) is 45.4 Å². The number of hydrogen-bond acceptors (Lipinski definition) is 0.